The second-order valence-electron chi connectivity index (χ2n) is 9.57. The maximum absolute atomic E-state index is 15.6. The van der Waals surface area contributed by atoms with Crippen molar-refractivity contribution >= 4 is 27.9 Å². The van der Waals surface area contributed by atoms with Gasteiger partial charge in [0.15, 0.2) is 0 Å². The lowest BCUT2D eigenvalue weighted by atomic mass is 9.86. The molecule has 1 aliphatic heterocycles. The minimum Gasteiger partial charge on any atom is -0.478 e. The zero-order valence-electron chi connectivity index (χ0n) is 20.6. The highest BCUT2D eigenvalue weighted by Crippen LogP contribution is 2.42. The molecule has 1 N–H and O–H groups in total. The number of aryl methyl sites for hydroxylation is 2. The van der Waals surface area contributed by atoms with Gasteiger partial charge in [-0.25, -0.2) is 13.9 Å². The number of hydrogen-bond donors (Lipinski definition) is 1. The highest BCUT2D eigenvalue weighted by Gasteiger charge is 2.31. The Labute approximate surface area is 212 Å². The Morgan fingerprint density at radius 3 is 2.57 bits per heavy atom. The summed E-state index contributed by atoms with van der Waals surface area (Å²) in [6.07, 6.45) is 3.37. The highest BCUT2D eigenvalue weighted by molar-refractivity contribution is 6.09. The van der Waals surface area contributed by atoms with Crippen LogP contribution in [0.15, 0.2) is 54.7 Å². The van der Waals surface area contributed by atoms with E-state index < -0.39 is 11.8 Å². The number of carbonyl (C=O) groups is 1. The molecule has 6 rings (SSSR count). The molecule has 3 aromatic heterocycles. The summed E-state index contributed by atoms with van der Waals surface area (Å²) < 4.78 is 25.0. The second kappa shape index (κ2) is 9.08. The molecule has 1 saturated heterocycles. The molecule has 188 valence electrons. The number of aromatic carboxylic acids is 1. The number of ether oxygens (including phenoxy) is 1. The summed E-state index contributed by atoms with van der Waals surface area (Å²) in [5.41, 5.74) is 5.09. The minimum atomic E-state index is -1.18. The van der Waals surface area contributed by atoms with E-state index in [9.17, 15) is 9.90 Å². The molecular formula is C28H26FN5O3. The molecule has 2 aromatic carbocycles. The summed E-state index contributed by atoms with van der Waals surface area (Å²) in [5, 5.41) is 18.4. The number of rotatable bonds is 5. The van der Waals surface area contributed by atoms with Crippen molar-refractivity contribution in [2.24, 2.45) is 13.0 Å². The van der Waals surface area contributed by atoms with Crippen LogP contribution in [-0.4, -0.2) is 48.8 Å². The van der Waals surface area contributed by atoms with E-state index in [0.29, 0.717) is 29.6 Å². The van der Waals surface area contributed by atoms with Crippen LogP contribution in [0.1, 0.15) is 40.5 Å². The van der Waals surface area contributed by atoms with Crippen molar-refractivity contribution in [3.05, 3.63) is 77.4 Å². The first-order valence-electron chi connectivity index (χ1n) is 12.3. The molecule has 37 heavy (non-hydrogen) atoms. The minimum absolute atomic E-state index is 0.0975. The topological polar surface area (TPSA) is 95.1 Å². The zero-order chi connectivity index (χ0) is 25.7. The van der Waals surface area contributed by atoms with Crippen molar-refractivity contribution in [1.29, 1.82) is 0 Å². The van der Waals surface area contributed by atoms with Crippen molar-refractivity contribution in [3.8, 4) is 11.3 Å². The van der Waals surface area contributed by atoms with Crippen LogP contribution in [0.4, 0.5) is 4.39 Å². The van der Waals surface area contributed by atoms with Crippen LogP contribution >= 0.6 is 0 Å². The van der Waals surface area contributed by atoms with Gasteiger partial charge in [-0.2, -0.15) is 0 Å². The van der Waals surface area contributed by atoms with Gasteiger partial charge in [0, 0.05) is 32.0 Å². The lowest BCUT2D eigenvalue weighted by molar-refractivity contribution is 0.0553. The molecule has 1 atom stereocenters. The van der Waals surface area contributed by atoms with Gasteiger partial charge in [-0.15, -0.1) is 5.10 Å². The summed E-state index contributed by atoms with van der Waals surface area (Å²) >= 11 is 0. The van der Waals surface area contributed by atoms with Crippen LogP contribution in [0, 0.1) is 18.7 Å². The van der Waals surface area contributed by atoms with Gasteiger partial charge in [0.1, 0.15) is 5.82 Å². The molecule has 9 heteroatoms. The number of nitrogens with zero attached hydrogens (tertiary/aromatic N) is 5. The molecule has 0 amide bonds. The first kappa shape index (κ1) is 23.3. The summed E-state index contributed by atoms with van der Waals surface area (Å²) in [5.74, 6) is -1.57. The van der Waals surface area contributed by atoms with Crippen molar-refractivity contribution < 1.29 is 19.0 Å². The van der Waals surface area contributed by atoms with Crippen LogP contribution < -0.4 is 0 Å². The van der Waals surface area contributed by atoms with Gasteiger partial charge in [0.05, 0.1) is 44.9 Å². The fourth-order valence-electron chi connectivity index (χ4n) is 5.70. The molecule has 1 unspecified atom stereocenters. The molecule has 0 spiro atoms. The number of carboxylic acid groups (broad SMARTS) is 1. The van der Waals surface area contributed by atoms with Crippen LogP contribution in [-0.2, 0) is 11.8 Å². The number of pyridine rings is 1. The number of aromatic nitrogens is 5. The average molecular weight is 500 g/mol. The lowest BCUT2D eigenvalue weighted by Crippen LogP contribution is -2.27. The standard InChI is InChI=1S/C28H26FN5O3/c1-16-26(33(2)32-31-16)20-14-23-25(30-15-20)24-21(29)12-19(28(35)36)13-22(24)34(23)27(17-6-4-3-5-7-17)18-8-10-37-11-9-18/h3-7,12-15,18,27H,8-11H2,1-2H3,(H,35,36). The first-order chi connectivity index (χ1) is 17.9. The Balaban J connectivity index is 1.72. The van der Waals surface area contributed by atoms with E-state index >= 15 is 4.39 Å². The quantitative estimate of drug-likeness (QED) is 0.360. The van der Waals surface area contributed by atoms with Crippen molar-refractivity contribution in [2.45, 2.75) is 25.8 Å². The van der Waals surface area contributed by atoms with E-state index in [2.05, 4.69) is 27.0 Å². The molecular weight excluding hydrogens is 473 g/mol. The molecule has 0 saturated carbocycles. The smallest absolute Gasteiger partial charge is 0.335 e. The summed E-state index contributed by atoms with van der Waals surface area (Å²) in [6.45, 7) is 3.17. The molecule has 4 heterocycles. The fraction of sp³-hybridized carbons (Fsp3) is 0.286. The van der Waals surface area contributed by atoms with E-state index in [1.165, 1.54) is 0 Å². The maximum Gasteiger partial charge on any atom is 0.335 e. The molecule has 0 radical (unpaired) electrons. The molecule has 0 aliphatic carbocycles. The third kappa shape index (κ3) is 3.86. The first-order valence-corrected chi connectivity index (χ1v) is 12.3. The van der Waals surface area contributed by atoms with Gasteiger partial charge < -0.3 is 14.4 Å². The van der Waals surface area contributed by atoms with E-state index in [-0.39, 0.29) is 17.5 Å². The van der Waals surface area contributed by atoms with Gasteiger partial charge in [0.2, 0.25) is 0 Å². The number of hydrogen-bond acceptors (Lipinski definition) is 5. The Bertz CT molecular complexity index is 1620. The second-order valence-corrected chi connectivity index (χ2v) is 9.57. The summed E-state index contributed by atoms with van der Waals surface area (Å²) in [7, 11) is 1.82. The van der Waals surface area contributed by atoms with Crippen LogP contribution in [0.3, 0.4) is 0 Å². The van der Waals surface area contributed by atoms with E-state index in [1.54, 1.807) is 16.9 Å². The number of fused-ring (bicyclic) bond motifs is 3. The van der Waals surface area contributed by atoms with E-state index in [1.807, 2.05) is 38.2 Å². The number of benzene rings is 2. The molecule has 1 aliphatic rings. The van der Waals surface area contributed by atoms with Gasteiger partial charge in [0.25, 0.3) is 0 Å². The zero-order valence-corrected chi connectivity index (χ0v) is 20.6. The lowest BCUT2D eigenvalue weighted by Gasteiger charge is -2.33. The average Bonchev–Trinajstić information content (AvgIpc) is 3.41. The van der Waals surface area contributed by atoms with Gasteiger partial charge in [-0.3, -0.25) is 4.98 Å². The van der Waals surface area contributed by atoms with Crippen molar-refractivity contribution in [1.82, 2.24) is 24.5 Å². The van der Waals surface area contributed by atoms with Crippen LogP contribution in [0.25, 0.3) is 33.2 Å². The molecule has 1 fully saturated rings. The third-order valence-electron chi connectivity index (χ3n) is 7.34. The Kier molecular flexibility index (Phi) is 5.72. The highest BCUT2D eigenvalue weighted by atomic mass is 19.1. The Morgan fingerprint density at radius 2 is 1.89 bits per heavy atom. The SMILES string of the molecule is Cc1nnn(C)c1-c1cnc2c3c(F)cc(C(=O)O)cc3n(C(c3ccccc3)C3CCOCC3)c2c1. The van der Waals surface area contributed by atoms with Crippen LogP contribution in [0.5, 0.6) is 0 Å². The molecule has 5 aromatic rings. The molecule has 8 nitrogen and oxygen atoms in total. The largest absolute Gasteiger partial charge is 0.478 e. The van der Waals surface area contributed by atoms with Crippen molar-refractivity contribution in [2.75, 3.05) is 13.2 Å². The van der Waals surface area contributed by atoms with Gasteiger partial charge in [-0.1, -0.05) is 35.5 Å². The Hall–Kier alpha value is -4.11. The van der Waals surface area contributed by atoms with E-state index in [0.717, 1.165) is 46.9 Å². The number of carboxylic acids is 1. The monoisotopic (exact) mass is 499 g/mol. The van der Waals surface area contributed by atoms with Crippen molar-refractivity contribution in [3.63, 3.8) is 0 Å². The van der Waals surface area contributed by atoms with E-state index in [4.69, 9.17) is 9.72 Å². The normalized spacial score (nSPS) is 15.4. The third-order valence-corrected chi connectivity index (χ3v) is 7.34. The summed E-state index contributed by atoms with van der Waals surface area (Å²) in [6, 6.07) is 14.6. The van der Waals surface area contributed by atoms with Gasteiger partial charge in [-0.05, 0) is 49.4 Å². The maximum atomic E-state index is 15.6. The number of halogens is 1. The summed E-state index contributed by atoms with van der Waals surface area (Å²) in [4.78, 5) is 16.6. The Morgan fingerprint density at radius 1 is 1.14 bits per heavy atom. The van der Waals surface area contributed by atoms with Gasteiger partial charge >= 0.3 is 5.97 Å². The predicted octanol–water partition coefficient (Wildman–Crippen LogP) is 5.15. The van der Waals surface area contributed by atoms with Crippen LogP contribution in [0.2, 0.25) is 0 Å². The fourth-order valence-corrected chi connectivity index (χ4v) is 5.70. The predicted molar refractivity (Wildman–Crippen MR) is 137 cm³/mol. The molecule has 0 bridgehead atoms.